The zero-order valence-electron chi connectivity index (χ0n) is 15.6. The predicted octanol–water partition coefficient (Wildman–Crippen LogP) is 2.12. The van der Waals surface area contributed by atoms with Crippen molar-refractivity contribution in [2.75, 3.05) is 13.1 Å². The third kappa shape index (κ3) is 4.53. The largest absolute Gasteiger partial charge is 0.496 e. The number of unbranched alkanes of at least 4 members (excludes halogenated alkanes) is 1. The van der Waals surface area contributed by atoms with Gasteiger partial charge in [-0.05, 0) is 38.8 Å². The van der Waals surface area contributed by atoms with E-state index in [0.29, 0.717) is 12.1 Å². The number of carbonyl (C=O) groups is 1. The maximum Gasteiger partial charge on any atom is 0.496 e. The van der Waals surface area contributed by atoms with Crippen molar-refractivity contribution in [1.82, 2.24) is 4.90 Å². The van der Waals surface area contributed by atoms with Gasteiger partial charge in [0.15, 0.2) is 0 Å². The molecule has 0 saturated heterocycles. The van der Waals surface area contributed by atoms with Gasteiger partial charge in [-0.2, -0.15) is 0 Å². The zero-order valence-corrected chi connectivity index (χ0v) is 15.6. The van der Waals surface area contributed by atoms with Crippen LogP contribution in [0.4, 0.5) is 4.79 Å². The molecule has 9 heteroatoms. The molecule has 0 aromatic heterocycles. The van der Waals surface area contributed by atoms with Crippen molar-refractivity contribution in [2.24, 2.45) is 0 Å². The molecule has 2 rings (SSSR count). The van der Waals surface area contributed by atoms with Crippen LogP contribution in [0, 0.1) is 10.1 Å². The Bertz CT molecular complexity index is 676. The molecule has 8 nitrogen and oxygen atoms in total. The third-order valence-corrected chi connectivity index (χ3v) is 4.26. The Hall–Kier alpha value is -2.13. The van der Waals surface area contributed by atoms with Crippen LogP contribution < -0.4 is 10.2 Å². The first-order chi connectivity index (χ1) is 12.1. The number of nitro groups is 1. The molecule has 0 radical (unpaired) electrons. The first kappa shape index (κ1) is 20.2. The minimum absolute atomic E-state index is 0.164. The summed E-state index contributed by atoms with van der Waals surface area (Å²) >= 11 is 0. The molecule has 1 aliphatic heterocycles. The van der Waals surface area contributed by atoms with Gasteiger partial charge in [0.1, 0.15) is 11.9 Å². The number of fused-ring (bicyclic) bond motifs is 1. The lowest BCUT2D eigenvalue weighted by Crippen LogP contribution is -2.48. The summed E-state index contributed by atoms with van der Waals surface area (Å²) in [5.41, 5.74) is 0.320. The Balaban J connectivity index is 2.26. The second-order valence-electron chi connectivity index (χ2n) is 7.30. The highest BCUT2D eigenvalue weighted by Gasteiger charge is 2.41. The van der Waals surface area contributed by atoms with Gasteiger partial charge in [0.05, 0.1) is 0 Å². The minimum Gasteiger partial charge on any atom is -0.423 e. The number of rotatable bonds is 6. The van der Waals surface area contributed by atoms with Crippen molar-refractivity contribution >= 4 is 18.7 Å². The fourth-order valence-corrected chi connectivity index (χ4v) is 2.93. The molecule has 1 heterocycles. The van der Waals surface area contributed by atoms with Crippen LogP contribution in [-0.2, 0) is 4.65 Å². The number of benzene rings is 1. The van der Waals surface area contributed by atoms with Gasteiger partial charge in [0.25, 0.3) is 0 Å². The van der Waals surface area contributed by atoms with E-state index in [1.807, 2.05) is 27.7 Å². The van der Waals surface area contributed by atoms with E-state index in [-0.39, 0.29) is 11.2 Å². The summed E-state index contributed by atoms with van der Waals surface area (Å²) in [5.74, 6) is 0.164. The molecule has 0 bridgehead atoms. The molecular formula is C17H25BN2O6. The average Bonchev–Trinajstić information content (AvgIpc) is 2.83. The van der Waals surface area contributed by atoms with Crippen LogP contribution >= 0.6 is 0 Å². The SMILES string of the molecule is CCCCN(C(=O)Oc1cccc2c1B(O)OC2C[N+](=O)[O-])C(C)(C)C. The highest BCUT2D eigenvalue weighted by molar-refractivity contribution is 6.63. The van der Waals surface area contributed by atoms with Gasteiger partial charge >= 0.3 is 13.2 Å². The Kier molecular flexibility index (Phi) is 6.25. The van der Waals surface area contributed by atoms with Crippen LogP contribution in [0.1, 0.15) is 52.2 Å². The van der Waals surface area contributed by atoms with Crippen LogP contribution in [0.15, 0.2) is 18.2 Å². The van der Waals surface area contributed by atoms with Gasteiger partial charge in [-0.1, -0.05) is 25.5 Å². The Labute approximate surface area is 153 Å². The summed E-state index contributed by atoms with van der Waals surface area (Å²) < 4.78 is 10.8. The zero-order chi connectivity index (χ0) is 19.5. The fourth-order valence-electron chi connectivity index (χ4n) is 2.93. The van der Waals surface area contributed by atoms with Crippen molar-refractivity contribution in [3.05, 3.63) is 33.9 Å². The van der Waals surface area contributed by atoms with Crippen LogP contribution in [0.5, 0.6) is 5.75 Å². The quantitative estimate of drug-likeness (QED) is 0.471. The predicted molar refractivity (Wildman–Crippen MR) is 97.1 cm³/mol. The molecule has 26 heavy (non-hydrogen) atoms. The van der Waals surface area contributed by atoms with Gasteiger partial charge < -0.3 is 19.3 Å². The summed E-state index contributed by atoms with van der Waals surface area (Å²) in [6.45, 7) is 7.89. The number of amides is 1. The van der Waals surface area contributed by atoms with Crippen molar-refractivity contribution < 1.29 is 24.1 Å². The normalized spacial score (nSPS) is 16.3. The summed E-state index contributed by atoms with van der Waals surface area (Å²) in [4.78, 5) is 24.6. The van der Waals surface area contributed by atoms with Crippen molar-refractivity contribution in [3.8, 4) is 5.75 Å². The second-order valence-corrected chi connectivity index (χ2v) is 7.30. The van der Waals surface area contributed by atoms with Crippen LogP contribution in [0.3, 0.4) is 0 Å². The van der Waals surface area contributed by atoms with Crippen LogP contribution in [-0.4, -0.2) is 46.7 Å². The van der Waals surface area contributed by atoms with E-state index in [1.165, 1.54) is 0 Å². The van der Waals surface area contributed by atoms with Gasteiger partial charge in [0, 0.05) is 22.5 Å². The lowest BCUT2D eigenvalue weighted by atomic mass is 9.78. The van der Waals surface area contributed by atoms with E-state index in [2.05, 4.69) is 0 Å². The van der Waals surface area contributed by atoms with Crippen molar-refractivity contribution in [1.29, 1.82) is 0 Å². The molecule has 1 atom stereocenters. The summed E-state index contributed by atoms with van der Waals surface area (Å²) in [6.07, 6.45) is 0.391. The molecule has 142 valence electrons. The maximum atomic E-state index is 12.7. The van der Waals surface area contributed by atoms with Crippen molar-refractivity contribution in [3.63, 3.8) is 0 Å². The maximum absolute atomic E-state index is 12.7. The van der Waals surface area contributed by atoms with Gasteiger partial charge in [0.2, 0.25) is 6.54 Å². The fraction of sp³-hybridized carbons (Fsp3) is 0.588. The van der Waals surface area contributed by atoms with E-state index in [9.17, 15) is 19.9 Å². The van der Waals surface area contributed by atoms with E-state index in [0.717, 1.165) is 12.8 Å². The molecule has 0 saturated carbocycles. The summed E-state index contributed by atoms with van der Waals surface area (Å²) in [6, 6.07) is 4.82. The lowest BCUT2D eigenvalue weighted by Gasteiger charge is -2.34. The molecule has 0 aliphatic carbocycles. The Morgan fingerprint density at radius 3 is 2.73 bits per heavy atom. The second kappa shape index (κ2) is 8.05. The van der Waals surface area contributed by atoms with Gasteiger partial charge in [-0.15, -0.1) is 0 Å². The van der Waals surface area contributed by atoms with E-state index < -0.39 is 36.3 Å². The highest BCUT2D eigenvalue weighted by atomic mass is 16.6. The molecule has 0 fully saturated rings. The molecule has 1 amide bonds. The third-order valence-electron chi connectivity index (χ3n) is 4.26. The highest BCUT2D eigenvalue weighted by Crippen LogP contribution is 2.28. The molecule has 1 aliphatic rings. The monoisotopic (exact) mass is 364 g/mol. The van der Waals surface area contributed by atoms with Crippen molar-refractivity contribution in [2.45, 2.75) is 52.2 Å². The molecular weight excluding hydrogens is 339 g/mol. The molecule has 1 aromatic rings. The smallest absolute Gasteiger partial charge is 0.423 e. The molecule has 1 aromatic carbocycles. The number of hydrogen-bond acceptors (Lipinski definition) is 6. The minimum atomic E-state index is -1.36. The van der Waals surface area contributed by atoms with Gasteiger partial charge in [-0.25, -0.2) is 4.79 Å². The summed E-state index contributed by atoms with van der Waals surface area (Å²) in [7, 11) is -1.36. The molecule has 1 unspecified atom stereocenters. The van der Waals surface area contributed by atoms with E-state index >= 15 is 0 Å². The lowest BCUT2D eigenvalue weighted by molar-refractivity contribution is -0.490. The Morgan fingerprint density at radius 1 is 1.46 bits per heavy atom. The van der Waals surface area contributed by atoms with Crippen LogP contribution in [0.25, 0.3) is 0 Å². The van der Waals surface area contributed by atoms with Gasteiger partial charge in [-0.3, -0.25) is 10.1 Å². The number of ether oxygens (including phenoxy) is 1. The number of carbonyl (C=O) groups excluding carboxylic acids is 1. The molecule has 0 spiro atoms. The Morgan fingerprint density at radius 2 is 2.15 bits per heavy atom. The van der Waals surface area contributed by atoms with E-state index in [1.54, 1.807) is 23.1 Å². The average molecular weight is 364 g/mol. The summed E-state index contributed by atoms with van der Waals surface area (Å²) in [5, 5.41) is 20.9. The standard InChI is InChI=1S/C17H25BN2O6/c1-5-6-10-19(17(2,3)4)16(21)25-13-9-7-8-12-14(11-20(23)24)26-18(22)15(12)13/h7-9,14,22H,5-6,10-11H2,1-4H3. The first-order valence-corrected chi connectivity index (χ1v) is 8.72. The van der Waals surface area contributed by atoms with E-state index in [4.69, 9.17) is 9.39 Å². The first-order valence-electron chi connectivity index (χ1n) is 8.72. The number of hydrogen-bond donors (Lipinski definition) is 1. The molecule has 1 N–H and O–H groups in total. The van der Waals surface area contributed by atoms with Crippen LogP contribution in [0.2, 0.25) is 0 Å². The topological polar surface area (TPSA) is 102 Å². The number of nitrogens with zero attached hydrogens (tertiary/aromatic N) is 2.